The number of pyridine rings is 1. The van der Waals surface area contributed by atoms with E-state index in [-0.39, 0.29) is 10.7 Å². The molecule has 0 aliphatic rings. The summed E-state index contributed by atoms with van der Waals surface area (Å²) in [4.78, 5) is 16.2. The molecule has 0 spiro atoms. The van der Waals surface area contributed by atoms with E-state index >= 15 is 0 Å². The predicted octanol–water partition coefficient (Wildman–Crippen LogP) is 3.18. The van der Waals surface area contributed by atoms with Crippen molar-refractivity contribution in [3.8, 4) is 0 Å². The third kappa shape index (κ3) is 3.84. The molecule has 0 unspecified atom stereocenters. The number of amides is 1. The van der Waals surface area contributed by atoms with Crippen molar-refractivity contribution >= 4 is 18.5 Å². The van der Waals surface area contributed by atoms with E-state index in [1.165, 1.54) is 0 Å². The fourth-order valence-corrected chi connectivity index (χ4v) is 1.95. The standard InChI is InChI=1S/C16H18N2OS/c1-16(2,20)13-8-6-12(7-9-13)15(19)18-11-14-5-3-4-10-17-14/h3-10,20H,11H2,1-2H3,(H,18,19). The van der Waals surface area contributed by atoms with Crippen LogP contribution in [0.4, 0.5) is 0 Å². The van der Waals surface area contributed by atoms with E-state index in [0.29, 0.717) is 12.1 Å². The summed E-state index contributed by atoms with van der Waals surface area (Å²) in [5, 5.41) is 2.85. The first-order valence-electron chi connectivity index (χ1n) is 6.48. The van der Waals surface area contributed by atoms with E-state index in [4.69, 9.17) is 0 Å². The van der Waals surface area contributed by atoms with Gasteiger partial charge in [0.1, 0.15) is 0 Å². The van der Waals surface area contributed by atoms with E-state index in [0.717, 1.165) is 11.3 Å². The molecule has 2 rings (SSSR count). The summed E-state index contributed by atoms with van der Waals surface area (Å²) in [6.45, 7) is 4.47. The molecule has 0 bridgehead atoms. The lowest BCUT2D eigenvalue weighted by Gasteiger charge is -2.18. The number of hydrogen-bond acceptors (Lipinski definition) is 3. The molecule has 0 aliphatic carbocycles. The van der Waals surface area contributed by atoms with Crippen molar-refractivity contribution in [2.45, 2.75) is 25.1 Å². The first-order valence-corrected chi connectivity index (χ1v) is 6.92. The normalized spacial score (nSPS) is 11.2. The Bertz CT molecular complexity index is 574. The lowest BCUT2D eigenvalue weighted by atomic mass is 10.0. The Morgan fingerprint density at radius 3 is 2.45 bits per heavy atom. The molecule has 1 aromatic heterocycles. The van der Waals surface area contributed by atoms with Crippen LogP contribution in [0.15, 0.2) is 48.7 Å². The minimum absolute atomic E-state index is 0.0980. The molecule has 0 atom stereocenters. The SMILES string of the molecule is CC(C)(S)c1ccc(C(=O)NCc2ccccn2)cc1. The van der Waals surface area contributed by atoms with Gasteiger partial charge < -0.3 is 5.32 Å². The number of carbonyl (C=O) groups is 1. The van der Waals surface area contributed by atoms with Crippen molar-refractivity contribution in [3.63, 3.8) is 0 Å². The maximum atomic E-state index is 12.0. The van der Waals surface area contributed by atoms with E-state index in [2.05, 4.69) is 22.9 Å². The number of hydrogen-bond donors (Lipinski definition) is 2. The number of rotatable bonds is 4. The first-order chi connectivity index (χ1) is 9.47. The molecule has 0 aliphatic heterocycles. The van der Waals surface area contributed by atoms with Crippen LogP contribution in [0.1, 0.15) is 35.5 Å². The van der Waals surface area contributed by atoms with Crippen molar-refractivity contribution in [2.75, 3.05) is 0 Å². The van der Waals surface area contributed by atoms with Crippen molar-refractivity contribution in [2.24, 2.45) is 0 Å². The second-order valence-corrected chi connectivity index (χ2v) is 6.26. The molecule has 0 saturated heterocycles. The van der Waals surface area contributed by atoms with Crippen molar-refractivity contribution in [1.82, 2.24) is 10.3 Å². The molecular weight excluding hydrogens is 268 g/mol. The maximum absolute atomic E-state index is 12.0. The zero-order valence-corrected chi connectivity index (χ0v) is 12.5. The van der Waals surface area contributed by atoms with Gasteiger partial charge in [-0.05, 0) is 43.7 Å². The summed E-state index contributed by atoms with van der Waals surface area (Å²) < 4.78 is -0.205. The summed E-state index contributed by atoms with van der Waals surface area (Å²) >= 11 is 4.51. The minimum atomic E-state index is -0.205. The lowest BCUT2D eigenvalue weighted by Crippen LogP contribution is -2.23. The number of benzene rings is 1. The van der Waals surface area contributed by atoms with Gasteiger partial charge in [0.05, 0.1) is 12.2 Å². The predicted molar refractivity (Wildman–Crippen MR) is 83.9 cm³/mol. The topological polar surface area (TPSA) is 42.0 Å². The van der Waals surface area contributed by atoms with Gasteiger partial charge in [0.2, 0.25) is 0 Å². The van der Waals surface area contributed by atoms with E-state index < -0.39 is 0 Å². The van der Waals surface area contributed by atoms with Crippen LogP contribution in [-0.2, 0) is 11.3 Å². The Balaban J connectivity index is 1.99. The largest absolute Gasteiger partial charge is 0.346 e. The van der Waals surface area contributed by atoms with Gasteiger partial charge in [-0.1, -0.05) is 18.2 Å². The Morgan fingerprint density at radius 1 is 1.20 bits per heavy atom. The molecule has 0 saturated carbocycles. The van der Waals surface area contributed by atoms with Crippen LogP contribution < -0.4 is 5.32 Å². The third-order valence-corrected chi connectivity index (χ3v) is 3.27. The van der Waals surface area contributed by atoms with Gasteiger partial charge in [-0.25, -0.2) is 0 Å². The number of aromatic nitrogens is 1. The number of nitrogens with zero attached hydrogens (tertiary/aromatic N) is 1. The van der Waals surface area contributed by atoms with Crippen LogP contribution in [0.3, 0.4) is 0 Å². The summed E-state index contributed by atoms with van der Waals surface area (Å²) in [7, 11) is 0. The fraction of sp³-hybridized carbons (Fsp3) is 0.250. The van der Waals surface area contributed by atoms with Crippen LogP contribution in [-0.4, -0.2) is 10.9 Å². The highest BCUT2D eigenvalue weighted by atomic mass is 32.1. The number of thiol groups is 1. The van der Waals surface area contributed by atoms with Gasteiger partial charge >= 0.3 is 0 Å². The molecule has 3 nitrogen and oxygen atoms in total. The van der Waals surface area contributed by atoms with Crippen LogP contribution >= 0.6 is 12.6 Å². The van der Waals surface area contributed by atoms with Gasteiger partial charge in [0, 0.05) is 16.5 Å². The lowest BCUT2D eigenvalue weighted by molar-refractivity contribution is 0.0950. The molecule has 1 heterocycles. The summed E-state index contributed by atoms with van der Waals surface area (Å²) in [6.07, 6.45) is 1.71. The molecule has 4 heteroatoms. The maximum Gasteiger partial charge on any atom is 0.251 e. The molecular formula is C16H18N2OS. The minimum Gasteiger partial charge on any atom is -0.346 e. The van der Waals surface area contributed by atoms with Crippen LogP contribution in [0, 0.1) is 0 Å². The Morgan fingerprint density at radius 2 is 1.90 bits per heavy atom. The second-order valence-electron chi connectivity index (χ2n) is 5.14. The molecule has 2 aromatic rings. The van der Waals surface area contributed by atoms with Crippen molar-refractivity contribution in [3.05, 3.63) is 65.5 Å². The Labute approximate surface area is 124 Å². The van der Waals surface area contributed by atoms with Crippen LogP contribution in [0.25, 0.3) is 0 Å². The number of carbonyl (C=O) groups excluding carboxylic acids is 1. The summed E-state index contributed by atoms with van der Waals surface area (Å²) in [5.41, 5.74) is 2.57. The molecule has 104 valence electrons. The van der Waals surface area contributed by atoms with Crippen molar-refractivity contribution < 1.29 is 4.79 Å². The monoisotopic (exact) mass is 286 g/mol. The van der Waals surface area contributed by atoms with Gasteiger partial charge in [0.25, 0.3) is 5.91 Å². The molecule has 0 radical (unpaired) electrons. The summed E-state index contributed by atoms with van der Waals surface area (Å²) in [6, 6.07) is 13.1. The average molecular weight is 286 g/mol. The van der Waals surface area contributed by atoms with Gasteiger partial charge in [-0.15, -0.1) is 0 Å². The van der Waals surface area contributed by atoms with Crippen LogP contribution in [0.5, 0.6) is 0 Å². The Hall–Kier alpha value is -1.81. The third-order valence-electron chi connectivity index (χ3n) is 3.01. The number of nitrogens with one attached hydrogen (secondary N) is 1. The van der Waals surface area contributed by atoms with Gasteiger partial charge in [-0.3, -0.25) is 9.78 Å². The zero-order chi connectivity index (χ0) is 14.6. The first kappa shape index (κ1) is 14.6. The van der Waals surface area contributed by atoms with E-state index in [9.17, 15) is 4.79 Å². The highest BCUT2D eigenvalue weighted by Crippen LogP contribution is 2.26. The molecule has 20 heavy (non-hydrogen) atoms. The van der Waals surface area contributed by atoms with E-state index in [1.807, 2.05) is 56.3 Å². The smallest absolute Gasteiger partial charge is 0.251 e. The fourth-order valence-electron chi connectivity index (χ4n) is 1.81. The Kier molecular flexibility index (Phi) is 4.45. The van der Waals surface area contributed by atoms with Crippen LogP contribution in [0.2, 0.25) is 0 Å². The highest BCUT2D eigenvalue weighted by molar-refractivity contribution is 7.81. The average Bonchev–Trinajstić information content (AvgIpc) is 2.45. The van der Waals surface area contributed by atoms with Gasteiger partial charge in [0.15, 0.2) is 0 Å². The summed E-state index contributed by atoms with van der Waals surface area (Å²) in [5.74, 6) is -0.0980. The van der Waals surface area contributed by atoms with Gasteiger partial charge in [-0.2, -0.15) is 12.6 Å². The molecule has 1 aromatic carbocycles. The highest BCUT2D eigenvalue weighted by Gasteiger charge is 2.15. The second kappa shape index (κ2) is 6.09. The van der Waals surface area contributed by atoms with E-state index in [1.54, 1.807) is 6.20 Å². The zero-order valence-electron chi connectivity index (χ0n) is 11.6. The molecule has 1 amide bonds. The molecule has 1 N–H and O–H groups in total. The molecule has 0 fully saturated rings. The quantitative estimate of drug-likeness (QED) is 0.848. The van der Waals surface area contributed by atoms with Crippen molar-refractivity contribution in [1.29, 1.82) is 0 Å².